The van der Waals surface area contributed by atoms with E-state index in [-0.39, 0.29) is 6.61 Å². The van der Waals surface area contributed by atoms with Crippen LogP contribution < -0.4 is 0 Å². The van der Waals surface area contributed by atoms with Crippen molar-refractivity contribution in [2.24, 2.45) is 0 Å². The van der Waals surface area contributed by atoms with Crippen molar-refractivity contribution in [1.82, 2.24) is 0 Å². The lowest BCUT2D eigenvalue weighted by molar-refractivity contribution is -0.150. The van der Waals surface area contributed by atoms with Gasteiger partial charge in [-0.15, -0.1) is 0 Å². The summed E-state index contributed by atoms with van der Waals surface area (Å²) in [6.07, 6.45) is -1.40. The van der Waals surface area contributed by atoms with Gasteiger partial charge in [-0.3, -0.25) is 4.79 Å². The van der Waals surface area contributed by atoms with Gasteiger partial charge in [-0.05, 0) is 0 Å². The van der Waals surface area contributed by atoms with Gasteiger partial charge in [-0.1, -0.05) is 0 Å². The maximum atomic E-state index is 10.8. The third kappa shape index (κ3) is 1.34. The van der Waals surface area contributed by atoms with E-state index >= 15 is 0 Å². The lowest BCUT2D eigenvalue weighted by Gasteiger charge is -2.23. The summed E-state index contributed by atoms with van der Waals surface area (Å²) in [5.74, 6) is -0.409. The summed E-state index contributed by atoms with van der Waals surface area (Å²) in [7, 11) is 0. The van der Waals surface area contributed by atoms with Crippen LogP contribution in [0.2, 0.25) is 0 Å². The molecule has 1 saturated heterocycles. The van der Waals surface area contributed by atoms with Crippen LogP contribution >= 0.6 is 0 Å². The minimum Gasteiger partial charge on any atom is -0.393 e. The molecule has 4 heteroatoms. The normalized spacial score (nSPS) is 34.4. The fourth-order valence-electron chi connectivity index (χ4n) is 0.904. The van der Waals surface area contributed by atoms with Gasteiger partial charge < -0.3 is 14.9 Å². The van der Waals surface area contributed by atoms with Crippen molar-refractivity contribution < 1.29 is 19.7 Å². The Hall–Kier alpha value is -0.450. The highest BCUT2D eigenvalue weighted by Crippen LogP contribution is 2.08. The summed E-state index contributed by atoms with van der Waals surface area (Å²) < 4.78 is 4.85. The van der Waals surface area contributed by atoms with Crippen LogP contribution in [0.1, 0.15) is 6.42 Å². The van der Waals surface area contributed by atoms with Crippen molar-refractivity contribution in [3.63, 3.8) is 0 Å². The molecule has 0 aromatic heterocycles. The maximum absolute atomic E-state index is 10.8. The Morgan fingerprint density at radius 1 is 1.70 bits per heavy atom. The molecule has 0 aromatic rings. The monoisotopic (exact) mass is 146 g/mol. The molecule has 1 aliphatic rings. The van der Waals surface area contributed by atoms with Crippen LogP contribution in [0, 0.1) is 0 Å². The lowest BCUT2D eigenvalue weighted by atomic mass is 10.1. The summed E-state index contributed by atoms with van der Waals surface area (Å²) in [6, 6.07) is 0. The van der Waals surface area contributed by atoms with Crippen molar-refractivity contribution in [2.45, 2.75) is 18.6 Å². The number of aliphatic hydroxyl groups is 2. The van der Waals surface area contributed by atoms with E-state index in [1.807, 2.05) is 0 Å². The van der Waals surface area contributed by atoms with Crippen LogP contribution in [-0.4, -0.2) is 41.4 Å². The van der Waals surface area contributed by atoms with Gasteiger partial charge in [0.1, 0.15) is 12.2 Å². The zero-order chi connectivity index (χ0) is 7.56. The summed E-state index contributed by atoms with van der Waals surface area (Å²) in [5, 5.41) is 17.5. The van der Waals surface area contributed by atoms with Crippen molar-refractivity contribution >= 4 is 5.78 Å². The Kier molecular flexibility index (Phi) is 2.37. The predicted octanol–water partition coefficient (Wildman–Crippen LogP) is -1.30. The van der Waals surface area contributed by atoms with Gasteiger partial charge >= 0.3 is 0 Å². The van der Waals surface area contributed by atoms with Crippen molar-refractivity contribution in [2.75, 3.05) is 13.2 Å². The van der Waals surface area contributed by atoms with E-state index < -0.39 is 18.0 Å². The highest BCUT2D eigenvalue weighted by atomic mass is 16.5. The Morgan fingerprint density at radius 2 is 2.40 bits per heavy atom. The average Bonchev–Trinajstić information content (AvgIpc) is 1.95. The molecule has 0 radical (unpaired) electrons. The predicted molar refractivity (Wildman–Crippen MR) is 32.5 cm³/mol. The molecule has 2 atom stereocenters. The molecule has 0 aliphatic carbocycles. The largest absolute Gasteiger partial charge is 0.393 e. The fraction of sp³-hybridized carbons (Fsp3) is 0.833. The smallest absolute Gasteiger partial charge is 0.192 e. The maximum Gasteiger partial charge on any atom is 0.192 e. The molecular weight excluding hydrogens is 136 g/mol. The Labute approximate surface area is 58.4 Å². The molecule has 58 valence electrons. The van der Waals surface area contributed by atoms with Crippen LogP contribution in [0.25, 0.3) is 0 Å². The van der Waals surface area contributed by atoms with E-state index in [0.29, 0.717) is 13.0 Å². The number of hydrogen-bond donors (Lipinski definition) is 2. The van der Waals surface area contributed by atoms with Crippen LogP contribution in [0.5, 0.6) is 0 Å². The third-order valence-electron chi connectivity index (χ3n) is 1.52. The van der Waals surface area contributed by atoms with Crippen LogP contribution in [-0.2, 0) is 9.53 Å². The standard InChI is InChI=1S/C6H10O4/c7-3-5-6(9)4(8)1-2-10-5/h4-5,7-8H,1-3H2/t4-,5-/m1/s1. The quantitative estimate of drug-likeness (QED) is 0.482. The van der Waals surface area contributed by atoms with E-state index in [1.165, 1.54) is 0 Å². The number of rotatable bonds is 1. The molecule has 0 amide bonds. The molecule has 0 unspecified atom stereocenters. The second-order valence-corrected chi connectivity index (χ2v) is 2.25. The first-order valence-corrected chi connectivity index (χ1v) is 3.20. The van der Waals surface area contributed by atoms with Gasteiger partial charge in [0.25, 0.3) is 0 Å². The van der Waals surface area contributed by atoms with E-state index in [2.05, 4.69) is 0 Å². The van der Waals surface area contributed by atoms with Gasteiger partial charge in [0.05, 0.1) is 13.2 Å². The molecule has 1 fully saturated rings. The molecule has 0 aromatic carbocycles. The number of hydrogen-bond acceptors (Lipinski definition) is 4. The topological polar surface area (TPSA) is 66.8 Å². The molecule has 2 N–H and O–H groups in total. The van der Waals surface area contributed by atoms with Gasteiger partial charge in [-0.2, -0.15) is 0 Å². The third-order valence-corrected chi connectivity index (χ3v) is 1.52. The molecule has 0 spiro atoms. The molecule has 1 aliphatic heterocycles. The van der Waals surface area contributed by atoms with E-state index in [1.54, 1.807) is 0 Å². The minimum atomic E-state index is -0.939. The highest BCUT2D eigenvalue weighted by molar-refractivity contribution is 5.87. The van der Waals surface area contributed by atoms with Crippen molar-refractivity contribution in [3.05, 3.63) is 0 Å². The summed E-state index contributed by atoms with van der Waals surface area (Å²) in [4.78, 5) is 10.8. The number of aliphatic hydroxyl groups excluding tert-OH is 2. The number of carbonyl (C=O) groups is 1. The van der Waals surface area contributed by atoms with E-state index in [0.717, 1.165) is 0 Å². The van der Waals surface area contributed by atoms with E-state index in [9.17, 15) is 4.79 Å². The molecule has 1 rings (SSSR count). The Morgan fingerprint density at radius 3 is 2.90 bits per heavy atom. The number of ether oxygens (including phenoxy) is 1. The number of ketones is 1. The second-order valence-electron chi connectivity index (χ2n) is 2.25. The number of Topliss-reactive ketones (excluding diaryl/α,β-unsaturated/α-hetero) is 1. The van der Waals surface area contributed by atoms with Crippen LogP contribution in [0.3, 0.4) is 0 Å². The molecule has 1 heterocycles. The first-order chi connectivity index (χ1) is 4.75. The van der Waals surface area contributed by atoms with Crippen molar-refractivity contribution in [3.8, 4) is 0 Å². The molecule has 4 nitrogen and oxygen atoms in total. The SMILES string of the molecule is O=C1[C@H](O)CCO[C@@H]1CO. The molecule has 10 heavy (non-hydrogen) atoms. The van der Waals surface area contributed by atoms with Crippen LogP contribution in [0.4, 0.5) is 0 Å². The van der Waals surface area contributed by atoms with Gasteiger partial charge in [-0.25, -0.2) is 0 Å². The lowest BCUT2D eigenvalue weighted by Crippen LogP contribution is -2.42. The van der Waals surface area contributed by atoms with Gasteiger partial charge in [0.2, 0.25) is 0 Å². The van der Waals surface area contributed by atoms with Gasteiger partial charge in [0.15, 0.2) is 5.78 Å². The summed E-state index contributed by atoms with van der Waals surface area (Å²) in [5.41, 5.74) is 0. The molecule has 0 bridgehead atoms. The van der Waals surface area contributed by atoms with E-state index in [4.69, 9.17) is 14.9 Å². The van der Waals surface area contributed by atoms with Crippen molar-refractivity contribution in [1.29, 1.82) is 0 Å². The highest BCUT2D eigenvalue weighted by Gasteiger charge is 2.29. The number of carbonyl (C=O) groups excluding carboxylic acids is 1. The fourth-order valence-corrected chi connectivity index (χ4v) is 0.904. The molecular formula is C6H10O4. The Balaban J connectivity index is 2.51. The summed E-state index contributed by atoms with van der Waals surface area (Å²) >= 11 is 0. The molecule has 0 saturated carbocycles. The average molecular weight is 146 g/mol. The summed E-state index contributed by atoms with van der Waals surface area (Å²) in [6.45, 7) is 0.00796. The first kappa shape index (κ1) is 7.65. The zero-order valence-electron chi connectivity index (χ0n) is 5.49. The zero-order valence-corrected chi connectivity index (χ0v) is 5.49. The first-order valence-electron chi connectivity index (χ1n) is 3.20. The minimum absolute atomic E-state index is 0.337. The Bertz CT molecular complexity index is 134. The second kappa shape index (κ2) is 3.09. The van der Waals surface area contributed by atoms with Gasteiger partial charge in [0, 0.05) is 6.42 Å². The van der Waals surface area contributed by atoms with Crippen LogP contribution in [0.15, 0.2) is 0 Å².